The monoisotopic (exact) mass is 436 g/mol. The van der Waals surface area contributed by atoms with Gasteiger partial charge in [-0.3, -0.25) is 4.79 Å². The van der Waals surface area contributed by atoms with Gasteiger partial charge >= 0.3 is 0 Å². The summed E-state index contributed by atoms with van der Waals surface area (Å²) in [5.74, 6) is 0.442. The van der Waals surface area contributed by atoms with E-state index < -0.39 is 15.9 Å². The molecule has 3 rings (SSSR count). The first-order valence-corrected chi connectivity index (χ1v) is 11.3. The maximum atomic E-state index is 13.0. The minimum Gasteiger partial charge on any atom is -0.496 e. The molecule has 0 bridgehead atoms. The van der Waals surface area contributed by atoms with Crippen LogP contribution in [0.5, 0.6) is 5.75 Å². The molecule has 0 unspecified atom stereocenters. The van der Waals surface area contributed by atoms with Crippen molar-refractivity contribution in [1.29, 1.82) is 0 Å². The van der Waals surface area contributed by atoms with E-state index in [1.165, 1.54) is 29.6 Å². The summed E-state index contributed by atoms with van der Waals surface area (Å²) < 4.78 is 32.8. The van der Waals surface area contributed by atoms with Gasteiger partial charge in [0.2, 0.25) is 10.0 Å². The second-order valence-electron chi connectivity index (χ2n) is 7.26. The third-order valence-corrected chi connectivity index (χ3v) is 7.31. The molecule has 0 spiro atoms. The molecule has 1 fully saturated rings. The molecular weight excluding hydrogens is 412 g/mol. The summed E-state index contributed by atoms with van der Waals surface area (Å²) in [6.07, 6.45) is 1.67. The van der Waals surface area contributed by atoms with Gasteiger partial charge in [0, 0.05) is 24.7 Å². The molecule has 6 nitrogen and oxygen atoms in total. The fourth-order valence-corrected chi connectivity index (χ4v) is 4.90. The molecule has 29 heavy (non-hydrogen) atoms. The molecule has 156 valence electrons. The predicted molar refractivity (Wildman–Crippen MR) is 113 cm³/mol. The zero-order valence-electron chi connectivity index (χ0n) is 16.5. The van der Waals surface area contributed by atoms with Crippen LogP contribution in [-0.4, -0.2) is 38.8 Å². The molecule has 1 heterocycles. The molecule has 0 aromatic heterocycles. The highest BCUT2D eigenvalue weighted by molar-refractivity contribution is 7.89. The van der Waals surface area contributed by atoms with Crippen molar-refractivity contribution in [3.63, 3.8) is 0 Å². The summed E-state index contributed by atoms with van der Waals surface area (Å²) in [6, 6.07) is 11.5. The van der Waals surface area contributed by atoms with Crippen LogP contribution in [0.3, 0.4) is 0 Å². The van der Waals surface area contributed by atoms with Gasteiger partial charge in [-0.1, -0.05) is 30.7 Å². The average Bonchev–Trinajstić information content (AvgIpc) is 2.73. The molecule has 0 atom stereocenters. The zero-order valence-corrected chi connectivity index (χ0v) is 18.1. The number of carbonyl (C=O) groups excluding carboxylic acids is 1. The van der Waals surface area contributed by atoms with Crippen LogP contribution >= 0.6 is 11.6 Å². The molecule has 1 saturated heterocycles. The minimum absolute atomic E-state index is 0.101. The Balaban J connectivity index is 1.80. The normalized spacial score (nSPS) is 15.8. The number of benzene rings is 2. The lowest BCUT2D eigenvalue weighted by Gasteiger charge is -2.29. The quantitative estimate of drug-likeness (QED) is 0.749. The number of ether oxygens (including phenoxy) is 1. The van der Waals surface area contributed by atoms with E-state index in [0.29, 0.717) is 36.3 Å². The van der Waals surface area contributed by atoms with Crippen LogP contribution in [0.4, 0.5) is 0 Å². The number of halogens is 1. The first-order chi connectivity index (χ1) is 13.8. The summed E-state index contributed by atoms with van der Waals surface area (Å²) in [5, 5.41) is 3.42. The fraction of sp³-hybridized carbons (Fsp3) is 0.381. The van der Waals surface area contributed by atoms with Crippen molar-refractivity contribution in [2.75, 3.05) is 20.2 Å². The number of hydrogen-bond donors (Lipinski definition) is 1. The van der Waals surface area contributed by atoms with E-state index in [4.69, 9.17) is 16.3 Å². The molecule has 0 saturated carbocycles. The van der Waals surface area contributed by atoms with Gasteiger partial charge in [-0.15, -0.1) is 0 Å². The van der Waals surface area contributed by atoms with Gasteiger partial charge in [0.25, 0.3) is 5.91 Å². The molecule has 1 aliphatic heterocycles. The Morgan fingerprint density at radius 2 is 1.83 bits per heavy atom. The molecule has 2 aromatic carbocycles. The van der Waals surface area contributed by atoms with Crippen LogP contribution < -0.4 is 10.1 Å². The molecule has 2 aromatic rings. The number of carbonyl (C=O) groups is 1. The van der Waals surface area contributed by atoms with Crippen LogP contribution in [0, 0.1) is 5.92 Å². The summed E-state index contributed by atoms with van der Waals surface area (Å²) in [4.78, 5) is 12.8. The van der Waals surface area contributed by atoms with E-state index in [9.17, 15) is 13.2 Å². The summed E-state index contributed by atoms with van der Waals surface area (Å²) in [6.45, 7) is 3.40. The van der Waals surface area contributed by atoms with E-state index >= 15 is 0 Å². The van der Waals surface area contributed by atoms with Crippen LogP contribution in [0.25, 0.3) is 0 Å². The fourth-order valence-electron chi connectivity index (χ4n) is 3.28. The minimum atomic E-state index is -3.66. The Bertz CT molecular complexity index is 969. The topological polar surface area (TPSA) is 75.7 Å². The van der Waals surface area contributed by atoms with Crippen molar-refractivity contribution >= 4 is 27.5 Å². The lowest BCUT2D eigenvalue weighted by molar-refractivity contribution is 0.0947. The van der Waals surface area contributed by atoms with Gasteiger partial charge in [-0.2, -0.15) is 4.31 Å². The number of piperidine rings is 1. The smallest absolute Gasteiger partial charge is 0.255 e. The zero-order chi connectivity index (χ0) is 21.0. The third-order valence-electron chi connectivity index (χ3n) is 5.16. The maximum Gasteiger partial charge on any atom is 0.255 e. The van der Waals surface area contributed by atoms with Crippen LogP contribution in [0.1, 0.15) is 35.7 Å². The molecule has 1 aliphatic rings. The number of hydrogen-bond acceptors (Lipinski definition) is 4. The van der Waals surface area contributed by atoms with Crippen molar-refractivity contribution in [1.82, 2.24) is 9.62 Å². The second kappa shape index (κ2) is 9.15. The third kappa shape index (κ3) is 5.10. The molecular formula is C21H25ClN2O4S. The highest BCUT2D eigenvalue weighted by atomic mass is 35.5. The summed E-state index contributed by atoms with van der Waals surface area (Å²) in [5.41, 5.74) is 1.07. The average molecular weight is 437 g/mol. The molecule has 1 N–H and O–H groups in total. The first kappa shape index (κ1) is 21.6. The van der Waals surface area contributed by atoms with Crippen LogP contribution in [0.2, 0.25) is 5.02 Å². The van der Waals surface area contributed by atoms with Crippen molar-refractivity contribution in [3.8, 4) is 5.75 Å². The predicted octanol–water partition coefficient (Wildman–Crippen LogP) is 3.70. The molecule has 0 aliphatic carbocycles. The van der Waals surface area contributed by atoms with Crippen molar-refractivity contribution in [2.45, 2.75) is 31.2 Å². The summed E-state index contributed by atoms with van der Waals surface area (Å²) in [7, 11) is -2.21. The van der Waals surface area contributed by atoms with Gasteiger partial charge in [0.15, 0.2) is 0 Å². The van der Waals surface area contributed by atoms with Gasteiger partial charge in [-0.25, -0.2) is 8.42 Å². The van der Waals surface area contributed by atoms with E-state index in [-0.39, 0.29) is 10.5 Å². The largest absolute Gasteiger partial charge is 0.496 e. The van der Waals surface area contributed by atoms with Crippen molar-refractivity contribution < 1.29 is 17.9 Å². The number of methoxy groups -OCH3 is 1. The lowest BCUT2D eigenvalue weighted by atomic mass is 10.0. The highest BCUT2D eigenvalue weighted by Crippen LogP contribution is 2.27. The van der Waals surface area contributed by atoms with Crippen molar-refractivity contribution in [2.24, 2.45) is 5.92 Å². The standard InChI is InChI=1S/C21H25ClN2O4S/c1-15-9-11-24(12-10-15)29(26,27)18-7-8-20(28-2)19(13-18)21(25)23-14-16-3-5-17(22)6-4-16/h3-8,13,15H,9-12,14H2,1-2H3,(H,23,25). The molecule has 8 heteroatoms. The first-order valence-electron chi connectivity index (χ1n) is 9.52. The molecule has 1 amide bonds. The second-order valence-corrected chi connectivity index (χ2v) is 9.63. The van der Waals surface area contributed by atoms with E-state index in [0.717, 1.165) is 18.4 Å². The van der Waals surface area contributed by atoms with Crippen LogP contribution in [-0.2, 0) is 16.6 Å². The Hall–Kier alpha value is -2.09. The van der Waals surface area contributed by atoms with Crippen molar-refractivity contribution in [3.05, 3.63) is 58.6 Å². The number of rotatable bonds is 6. The van der Waals surface area contributed by atoms with E-state index in [1.54, 1.807) is 12.1 Å². The van der Waals surface area contributed by atoms with Gasteiger partial charge in [0.1, 0.15) is 5.75 Å². The summed E-state index contributed by atoms with van der Waals surface area (Å²) >= 11 is 5.88. The SMILES string of the molecule is COc1ccc(S(=O)(=O)N2CCC(C)CC2)cc1C(=O)NCc1ccc(Cl)cc1. The number of sulfonamides is 1. The maximum absolute atomic E-state index is 13.0. The van der Waals surface area contributed by atoms with E-state index in [2.05, 4.69) is 12.2 Å². The van der Waals surface area contributed by atoms with Gasteiger partial charge in [0.05, 0.1) is 17.6 Å². The lowest BCUT2D eigenvalue weighted by Crippen LogP contribution is -2.38. The van der Waals surface area contributed by atoms with Crippen LogP contribution in [0.15, 0.2) is 47.4 Å². The number of nitrogens with zero attached hydrogens (tertiary/aromatic N) is 1. The highest BCUT2D eigenvalue weighted by Gasteiger charge is 2.29. The Morgan fingerprint density at radius 3 is 2.45 bits per heavy atom. The Kier molecular flexibility index (Phi) is 6.82. The van der Waals surface area contributed by atoms with Gasteiger partial charge in [-0.05, 0) is 54.7 Å². The number of nitrogens with one attached hydrogen (secondary N) is 1. The number of amides is 1. The Labute approximate surface area is 176 Å². The Morgan fingerprint density at radius 1 is 1.17 bits per heavy atom. The van der Waals surface area contributed by atoms with Gasteiger partial charge < -0.3 is 10.1 Å². The van der Waals surface area contributed by atoms with E-state index in [1.807, 2.05) is 12.1 Å². The molecule has 0 radical (unpaired) electrons.